The van der Waals surface area contributed by atoms with Crippen LogP contribution < -0.4 is 11.2 Å². The van der Waals surface area contributed by atoms with E-state index in [-0.39, 0.29) is 11.5 Å². The molecule has 0 atom stereocenters. The third-order valence-corrected chi connectivity index (χ3v) is 4.81. The van der Waals surface area contributed by atoms with Crippen molar-refractivity contribution in [3.63, 3.8) is 0 Å². The number of piperazine rings is 1. The van der Waals surface area contributed by atoms with Gasteiger partial charge in [0.1, 0.15) is 5.56 Å². The summed E-state index contributed by atoms with van der Waals surface area (Å²) >= 11 is 0. The Bertz CT molecular complexity index is 951. The van der Waals surface area contributed by atoms with Gasteiger partial charge in [-0.1, -0.05) is 42.5 Å². The first-order valence-electron chi connectivity index (χ1n) is 8.97. The molecule has 1 saturated heterocycles. The molecule has 7 heteroatoms. The zero-order valence-corrected chi connectivity index (χ0v) is 15.7. The number of hydrogen-bond acceptors (Lipinski definition) is 4. The summed E-state index contributed by atoms with van der Waals surface area (Å²) in [4.78, 5) is 40.7. The molecule has 1 aromatic heterocycles. The number of rotatable bonds is 4. The van der Waals surface area contributed by atoms with Crippen LogP contribution in [0.1, 0.15) is 15.9 Å². The van der Waals surface area contributed by atoms with Crippen molar-refractivity contribution in [2.24, 2.45) is 14.1 Å². The summed E-state index contributed by atoms with van der Waals surface area (Å²) in [6.07, 6.45) is 5.54. The minimum atomic E-state index is -0.545. The van der Waals surface area contributed by atoms with E-state index in [1.165, 1.54) is 24.9 Å². The lowest BCUT2D eigenvalue weighted by Gasteiger charge is -2.34. The molecule has 0 unspecified atom stereocenters. The Morgan fingerprint density at radius 1 is 1.04 bits per heavy atom. The number of aryl methyl sites for hydroxylation is 1. The number of aromatic nitrogens is 2. The van der Waals surface area contributed by atoms with Crippen LogP contribution in [0, 0.1) is 0 Å². The van der Waals surface area contributed by atoms with Gasteiger partial charge < -0.3 is 9.47 Å². The number of amides is 1. The van der Waals surface area contributed by atoms with Gasteiger partial charge in [0.25, 0.3) is 11.5 Å². The van der Waals surface area contributed by atoms with Crippen LogP contribution in [0.25, 0.3) is 6.08 Å². The van der Waals surface area contributed by atoms with Gasteiger partial charge in [0.15, 0.2) is 0 Å². The van der Waals surface area contributed by atoms with E-state index < -0.39 is 11.2 Å². The Labute approximate surface area is 157 Å². The number of benzene rings is 1. The van der Waals surface area contributed by atoms with Gasteiger partial charge in [-0.25, -0.2) is 4.79 Å². The maximum atomic E-state index is 12.7. The monoisotopic (exact) mass is 368 g/mol. The highest BCUT2D eigenvalue weighted by Gasteiger charge is 2.24. The molecule has 1 aromatic carbocycles. The van der Waals surface area contributed by atoms with Gasteiger partial charge in [0, 0.05) is 53.0 Å². The van der Waals surface area contributed by atoms with Gasteiger partial charge in [0.2, 0.25) is 0 Å². The molecule has 2 heterocycles. The molecule has 0 spiro atoms. The van der Waals surface area contributed by atoms with E-state index in [9.17, 15) is 14.4 Å². The number of carbonyl (C=O) groups excluding carboxylic acids is 1. The van der Waals surface area contributed by atoms with Crippen molar-refractivity contribution in [2.75, 3.05) is 32.7 Å². The molecule has 1 aliphatic rings. The largest absolute Gasteiger partial charge is 0.336 e. The van der Waals surface area contributed by atoms with Crippen LogP contribution >= 0.6 is 0 Å². The fourth-order valence-corrected chi connectivity index (χ4v) is 3.16. The maximum Gasteiger partial charge on any atom is 0.330 e. The lowest BCUT2D eigenvalue weighted by Crippen LogP contribution is -2.50. The molecule has 0 radical (unpaired) electrons. The zero-order chi connectivity index (χ0) is 19.4. The standard InChI is InChI=1S/C20H24N4O3/c1-21-15-17(18(25)22(2)20(21)27)19(26)24-13-11-23(12-14-24)10-6-9-16-7-4-3-5-8-16/h3-9,15H,10-14H2,1-2H3/b9-6+. The molecule has 142 valence electrons. The highest BCUT2D eigenvalue weighted by molar-refractivity contribution is 5.93. The van der Waals surface area contributed by atoms with Crippen molar-refractivity contribution in [2.45, 2.75) is 0 Å². The second-order valence-electron chi connectivity index (χ2n) is 6.71. The molecular weight excluding hydrogens is 344 g/mol. The molecule has 7 nitrogen and oxygen atoms in total. The zero-order valence-electron chi connectivity index (χ0n) is 15.7. The van der Waals surface area contributed by atoms with E-state index in [2.05, 4.69) is 29.2 Å². The van der Waals surface area contributed by atoms with E-state index in [0.29, 0.717) is 13.1 Å². The summed E-state index contributed by atoms with van der Waals surface area (Å²) < 4.78 is 2.23. The van der Waals surface area contributed by atoms with E-state index in [4.69, 9.17) is 0 Å². The Balaban J connectivity index is 1.59. The van der Waals surface area contributed by atoms with Gasteiger partial charge in [-0.15, -0.1) is 0 Å². The molecule has 1 amide bonds. The summed E-state index contributed by atoms with van der Waals surface area (Å²) in [7, 11) is 2.92. The first-order chi connectivity index (χ1) is 13.0. The predicted octanol–water partition coefficient (Wildman–Crippen LogP) is 0.555. The molecule has 1 fully saturated rings. The van der Waals surface area contributed by atoms with E-state index in [0.717, 1.165) is 29.8 Å². The van der Waals surface area contributed by atoms with Crippen LogP contribution in [0.5, 0.6) is 0 Å². The van der Waals surface area contributed by atoms with Crippen LogP contribution in [0.15, 0.2) is 52.2 Å². The lowest BCUT2D eigenvalue weighted by molar-refractivity contribution is 0.0646. The highest BCUT2D eigenvalue weighted by Crippen LogP contribution is 2.07. The third kappa shape index (κ3) is 4.25. The first-order valence-corrected chi connectivity index (χ1v) is 8.97. The topological polar surface area (TPSA) is 67.6 Å². The van der Waals surface area contributed by atoms with Gasteiger partial charge in [0.05, 0.1) is 0 Å². The van der Waals surface area contributed by atoms with Crippen molar-refractivity contribution in [1.82, 2.24) is 18.9 Å². The van der Waals surface area contributed by atoms with Gasteiger partial charge in [-0.2, -0.15) is 0 Å². The minimum Gasteiger partial charge on any atom is -0.336 e. The van der Waals surface area contributed by atoms with Crippen LogP contribution in [0.2, 0.25) is 0 Å². The smallest absolute Gasteiger partial charge is 0.330 e. The van der Waals surface area contributed by atoms with Gasteiger partial charge in [-0.3, -0.25) is 19.1 Å². The van der Waals surface area contributed by atoms with E-state index >= 15 is 0 Å². The molecular formula is C20H24N4O3. The van der Waals surface area contributed by atoms with E-state index in [1.807, 2.05) is 18.2 Å². The Kier molecular flexibility index (Phi) is 5.71. The maximum absolute atomic E-state index is 12.7. The minimum absolute atomic E-state index is 0.0389. The summed E-state index contributed by atoms with van der Waals surface area (Å²) in [6.45, 7) is 3.43. The first kappa shape index (κ1) is 18.8. The lowest BCUT2D eigenvalue weighted by atomic mass is 10.2. The van der Waals surface area contributed by atoms with Crippen LogP contribution in [-0.4, -0.2) is 57.6 Å². The average Bonchev–Trinajstić information content (AvgIpc) is 2.70. The highest BCUT2D eigenvalue weighted by atomic mass is 16.2. The van der Waals surface area contributed by atoms with E-state index in [1.54, 1.807) is 4.90 Å². The SMILES string of the molecule is Cn1cc(C(=O)N2CCN(C/C=C/c3ccccc3)CC2)c(=O)n(C)c1=O. The molecule has 3 rings (SSSR count). The molecule has 0 N–H and O–H groups in total. The van der Waals surface area contributed by atoms with Crippen molar-refractivity contribution in [3.8, 4) is 0 Å². The van der Waals surface area contributed by atoms with Crippen molar-refractivity contribution in [1.29, 1.82) is 0 Å². The number of carbonyl (C=O) groups is 1. The van der Waals surface area contributed by atoms with Crippen molar-refractivity contribution in [3.05, 3.63) is 74.6 Å². The summed E-state index contributed by atoms with van der Waals surface area (Å²) in [5, 5.41) is 0. The summed E-state index contributed by atoms with van der Waals surface area (Å²) in [6, 6.07) is 10.1. The van der Waals surface area contributed by atoms with Gasteiger partial charge in [-0.05, 0) is 5.56 Å². The second kappa shape index (κ2) is 8.18. The molecule has 2 aromatic rings. The third-order valence-electron chi connectivity index (χ3n) is 4.81. The number of nitrogens with zero attached hydrogens (tertiary/aromatic N) is 4. The summed E-state index contributed by atoms with van der Waals surface area (Å²) in [5.74, 6) is -0.314. The average molecular weight is 368 g/mol. The van der Waals surface area contributed by atoms with Crippen molar-refractivity contribution < 1.29 is 4.79 Å². The van der Waals surface area contributed by atoms with Crippen LogP contribution in [0.3, 0.4) is 0 Å². The molecule has 0 aliphatic carbocycles. The van der Waals surface area contributed by atoms with Gasteiger partial charge >= 0.3 is 5.69 Å². The second-order valence-corrected chi connectivity index (χ2v) is 6.71. The molecule has 0 bridgehead atoms. The summed E-state index contributed by atoms with van der Waals surface area (Å²) in [5.41, 5.74) is 0.219. The Morgan fingerprint density at radius 3 is 2.37 bits per heavy atom. The molecule has 0 saturated carbocycles. The van der Waals surface area contributed by atoms with Crippen LogP contribution in [-0.2, 0) is 14.1 Å². The predicted molar refractivity (Wildman–Crippen MR) is 105 cm³/mol. The van der Waals surface area contributed by atoms with Crippen LogP contribution in [0.4, 0.5) is 0 Å². The molecule has 27 heavy (non-hydrogen) atoms. The fourth-order valence-electron chi connectivity index (χ4n) is 3.16. The van der Waals surface area contributed by atoms with Crippen molar-refractivity contribution >= 4 is 12.0 Å². The fraction of sp³-hybridized carbons (Fsp3) is 0.350. The molecule has 1 aliphatic heterocycles. The quantitative estimate of drug-likeness (QED) is 0.791. The Hall–Kier alpha value is -2.93. The number of hydrogen-bond donors (Lipinski definition) is 0. The normalized spacial score (nSPS) is 15.4. The Morgan fingerprint density at radius 2 is 1.70 bits per heavy atom.